The Hall–Kier alpha value is -0.910. The van der Waals surface area contributed by atoms with Crippen molar-refractivity contribution in [3.05, 3.63) is 62.3 Å². The van der Waals surface area contributed by atoms with Gasteiger partial charge in [-0.05, 0) is 58.4 Å². The summed E-state index contributed by atoms with van der Waals surface area (Å²) in [5.74, 6) is 0.565. The van der Waals surface area contributed by atoms with Gasteiger partial charge in [0.15, 0.2) is 0 Å². The minimum absolute atomic E-state index is 0.268. The first-order chi connectivity index (χ1) is 10.1. The average molecular weight is 417 g/mol. The fourth-order valence-corrected chi connectivity index (χ4v) is 2.71. The third kappa shape index (κ3) is 4.80. The van der Waals surface area contributed by atoms with Gasteiger partial charge in [0.1, 0.15) is 18.2 Å². The summed E-state index contributed by atoms with van der Waals surface area (Å²) in [7, 11) is 0. The summed E-state index contributed by atoms with van der Waals surface area (Å²) in [5, 5.41) is 3.29. The van der Waals surface area contributed by atoms with Gasteiger partial charge in [-0.2, -0.15) is 0 Å². The number of ether oxygens (including phenoxy) is 1. The Labute approximate surface area is 141 Å². The van der Waals surface area contributed by atoms with E-state index in [1.54, 1.807) is 12.1 Å². The molecule has 0 amide bonds. The van der Waals surface area contributed by atoms with Gasteiger partial charge < -0.3 is 10.1 Å². The first-order valence-corrected chi connectivity index (χ1v) is 8.24. The van der Waals surface area contributed by atoms with Crippen LogP contribution in [0.15, 0.2) is 45.3 Å². The standard InChI is InChI=1S/C16H16Br2FNO/c1-2-20-9-12-8-13(17)4-6-16(12)21-10-11-3-5-15(19)14(18)7-11/h3-8,20H,2,9-10H2,1H3. The van der Waals surface area contributed by atoms with Crippen molar-refractivity contribution in [2.75, 3.05) is 6.54 Å². The number of nitrogens with one attached hydrogen (secondary N) is 1. The molecule has 0 heterocycles. The predicted molar refractivity (Wildman–Crippen MR) is 90.0 cm³/mol. The lowest BCUT2D eigenvalue weighted by atomic mass is 10.2. The normalized spacial score (nSPS) is 10.7. The minimum atomic E-state index is -0.268. The fraction of sp³-hybridized carbons (Fsp3) is 0.250. The van der Waals surface area contributed by atoms with E-state index in [2.05, 4.69) is 44.1 Å². The summed E-state index contributed by atoms with van der Waals surface area (Å²) in [6.45, 7) is 4.11. The highest BCUT2D eigenvalue weighted by molar-refractivity contribution is 9.10. The quantitative estimate of drug-likeness (QED) is 0.712. The molecule has 2 aromatic carbocycles. The highest BCUT2D eigenvalue weighted by Crippen LogP contribution is 2.25. The van der Waals surface area contributed by atoms with Gasteiger partial charge in [-0.25, -0.2) is 4.39 Å². The summed E-state index contributed by atoms with van der Waals surface area (Å²) in [6.07, 6.45) is 0. The van der Waals surface area contributed by atoms with Crippen molar-refractivity contribution in [3.8, 4) is 5.75 Å². The van der Waals surface area contributed by atoms with Crippen molar-refractivity contribution in [1.29, 1.82) is 0 Å². The molecule has 0 unspecified atom stereocenters. The van der Waals surface area contributed by atoms with E-state index >= 15 is 0 Å². The average Bonchev–Trinajstić information content (AvgIpc) is 2.47. The molecule has 0 aliphatic rings. The Morgan fingerprint density at radius 3 is 2.67 bits per heavy atom. The molecule has 2 rings (SSSR count). The van der Waals surface area contributed by atoms with Gasteiger partial charge in [0, 0.05) is 16.6 Å². The molecule has 5 heteroatoms. The Kier molecular flexibility index (Phi) is 6.21. The van der Waals surface area contributed by atoms with Crippen molar-refractivity contribution in [2.24, 2.45) is 0 Å². The van der Waals surface area contributed by atoms with Crippen molar-refractivity contribution in [3.63, 3.8) is 0 Å². The molecule has 2 nitrogen and oxygen atoms in total. The molecule has 112 valence electrons. The lowest BCUT2D eigenvalue weighted by molar-refractivity contribution is 0.302. The summed E-state index contributed by atoms with van der Waals surface area (Å²) in [4.78, 5) is 0. The third-order valence-corrected chi connectivity index (χ3v) is 4.07. The molecule has 0 bridgehead atoms. The Bertz CT molecular complexity index is 619. The molecule has 0 aliphatic carbocycles. The highest BCUT2D eigenvalue weighted by atomic mass is 79.9. The van der Waals surface area contributed by atoms with Crippen LogP contribution in [0.25, 0.3) is 0 Å². The zero-order valence-corrected chi connectivity index (χ0v) is 14.8. The molecule has 2 aromatic rings. The Balaban J connectivity index is 2.09. The van der Waals surface area contributed by atoms with Crippen LogP contribution in [0.2, 0.25) is 0 Å². The number of hydrogen-bond donors (Lipinski definition) is 1. The second-order valence-electron chi connectivity index (χ2n) is 4.57. The van der Waals surface area contributed by atoms with E-state index in [0.29, 0.717) is 11.1 Å². The van der Waals surface area contributed by atoms with Gasteiger partial charge in [0.05, 0.1) is 4.47 Å². The topological polar surface area (TPSA) is 21.3 Å². The molecule has 0 atom stereocenters. The molecular formula is C16H16Br2FNO. The number of rotatable bonds is 6. The third-order valence-electron chi connectivity index (χ3n) is 2.97. The smallest absolute Gasteiger partial charge is 0.137 e. The van der Waals surface area contributed by atoms with Gasteiger partial charge in [-0.3, -0.25) is 0 Å². The van der Waals surface area contributed by atoms with E-state index in [9.17, 15) is 4.39 Å². The molecule has 0 aliphatic heterocycles. The molecule has 21 heavy (non-hydrogen) atoms. The highest BCUT2D eigenvalue weighted by Gasteiger charge is 2.06. The first-order valence-electron chi connectivity index (χ1n) is 6.66. The van der Waals surface area contributed by atoms with Crippen LogP contribution in [0.3, 0.4) is 0 Å². The van der Waals surface area contributed by atoms with Crippen LogP contribution in [-0.2, 0) is 13.2 Å². The van der Waals surface area contributed by atoms with Gasteiger partial charge in [0.25, 0.3) is 0 Å². The van der Waals surface area contributed by atoms with Gasteiger partial charge >= 0.3 is 0 Å². The van der Waals surface area contributed by atoms with Crippen molar-refractivity contribution in [1.82, 2.24) is 5.32 Å². The monoisotopic (exact) mass is 415 g/mol. The predicted octanol–water partition coefficient (Wildman–Crippen LogP) is 5.04. The molecule has 1 N–H and O–H groups in total. The van der Waals surface area contributed by atoms with E-state index in [-0.39, 0.29) is 5.82 Å². The van der Waals surface area contributed by atoms with Crippen LogP contribution in [0.4, 0.5) is 4.39 Å². The molecule has 0 saturated heterocycles. The van der Waals surface area contributed by atoms with Crippen molar-refractivity contribution < 1.29 is 9.13 Å². The maximum absolute atomic E-state index is 13.2. The summed E-state index contributed by atoms with van der Waals surface area (Å²) in [5.41, 5.74) is 2.01. The van der Waals surface area contributed by atoms with Crippen molar-refractivity contribution in [2.45, 2.75) is 20.1 Å². The van der Waals surface area contributed by atoms with Crippen LogP contribution in [0.1, 0.15) is 18.1 Å². The molecular weight excluding hydrogens is 401 g/mol. The van der Waals surface area contributed by atoms with E-state index < -0.39 is 0 Å². The second kappa shape index (κ2) is 7.92. The lowest BCUT2D eigenvalue weighted by Crippen LogP contribution is -2.13. The van der Waals surface area contributed by atoms with Crippen LogP contribution >= 0.6 is 31.9 Å². The zero-order valence-electron chi connectivity index (χ0n) is 11.6. The Morgan fingerprint density at radius 1 is 1.14 bits per heavy atom. The lowest BCUT2D eigenvalue weighted by Gasteiger charge is -2.13. The van der Waals surface area contributed by atoms with Crippen LogP contribution < -0.4 is 10.1 Å². The molecule has 0 spiro atoms. The SMILES string of the molecule is CCNCc1cc(Br)ccc1OCc1ccc(F)c(Br)c1. The minimum Gasteiger partial charge on any atom is -0.489 e. The first kappa shape index (κ1) is 16.5. The summed E-state index contributed by atoms with van der Waals surface area (Å²) < 4.78 is 20.5. The van der Waals surface area contributed by atoms with E-state index in [1.807, 2.05) is 18.2 Å². The number of benzene rings is 2. The molecule has 0 aromatic heterocycles. The molecule has 0 saturated carbocycles. The molecule has 0 fully saturated rings. The van der Waals surface area contributed by atoms with Crippen LogP contribution in [0.5, 0.6) is 5.75 Å². The second-order valence-corrected chi connectivity index (χ2v) is 6.34. The van der Waals surface area contributed by atoms with E-state index in [4.69, 9.17) is 4.74 Å². The van der Waals surface area contributed by atoms with E-state index in [1.165, 1.54) is 6.07 Å². The van der Waals surface area contributed by atoms with Crippen LogP contribution in [0, 0.1) is 5.82 Å². The maximum atomic E-state index is 13.2. The fourth-order valence-electron chi connectivity index (χ4n) is 1.88. The van der Waals surface area contributed by atoms with E-state index in [0.717, 1.165) is 34.4 Å². The van der Waals surface area contributed by atoms with Gasteiger partial charge in [-0.15, -0.1) is 0 Å². The van der Waals surface area contributed by atoms with Crippen molar-refractivity contribution >= 4 is 31.9 Å². The summed E-state index contributed by atoms with van der Waals surface area (Å²) >= 11 is 6.65. The van der Waals surface area contributed by atoms with Gasteiger partial charge in [-0.1, -0.05) is 28.9 Å². The maximum Gasteiger partial charge on any atom is 0.137 e. The zero-order chi connectivity index (χ0) is 15.2. The number of halogens is 3. The molecule has 0 radical (unpaired) electrons. The van der Waals surface area contributed by atoms with Gasteiger partial charge in [0.2, 0.25) is 0 Å². The largest absolute Gasteiger partial charge is 0.489 e. The van der Waals surface area contributed by atoms with Crippen LogP contribution in [-0.4, -0.2) is 6.54 Å². The summed E-state index contributed by atoms with van der Waals surface area (Å²) in [6, 6.07) is 10.8. The Morgan fingerprint density at radius 2 is 1.95 bits per heavy atom. The number of hydrogen-bond acceptors (Lipinski definition) is 2.